The predicted molar refractivity (Wildman–Crippen MR) is 71.5 cm³/mol. The number of nitrogens with zero attached hydrogens (tertiary/aromatic N) is 1. The molecule has 2 rings (SSSR count). The van der Waals surface area contributed by atoms with Crippen molar-refractivity contribution in [2.75, 3.05) is 12.3 Å². The summed E-state index contributed by atoms with van der Waals surface area (Å²) in [6.07, 6.45) is 4.56. The second kappa shape index (κ2) is 5.29. The zero-order chi connectivity index (χ0) is 13.1. The van der Waals surface area contributed by atoms with Crippen molar-refractivity contribution in [3.05, 3.63) is 23.8 Å². The molecule has 1 aromatic rings. The second-order valence-corrected chi connectivity index (χ2v) is 4.80. The van der Waals surface area contributed by atoms with Gasteiger partial charge >= 0.3 is 0 Å². The third kappa shape index (κ3) is 2.42. The van der Waals surface area contributed by atoms with Crippen molar-refractivity contribution >= 4 is 11.6 Å². The summed E-state index contributed by atoms with van der Waals surface area (Å²) < 4.78 is 0. The molecule has 1 aliphatic rings. The molecule has 0 atom stereocenters. The third-order valence-corrected chi connectivity index (χ3v) is 3.64. The maximum atomic E-state index is 12.4. The first kappa shape index (κ1) is 12.7. The molecule has 1 aliphatic carbocycles. The van der Waals surface area contributed by atoms with E-state index in [0.29, 0.717) is 23.8 Å². The first-order chi connectivity index (χ1) is 8.63. The second-order valence-electron chi connectivity index (χ2n) is 4.80. The minimum Gasteiger partial charge on any atom is -0.506 e. The van der Waals surface area contributed by atoms with Crippen molar-refractivity contribution in [2.24, 2.45) is 0 Å². The summed E-state index contributed by atoms with van der Waals surface area (Å²) in [6.45, 7) is 2.70. The number of carbonyl (C=O) groups excluding carboxylic acids is 1. The number of carbonyl (C=O) groups is 1. The molecule has 18 heavy (non-hydrogen) atoms. The van der Waals surface area contributed by atoms with Crippen LogP contribution in [0.15, 0.2) is 18.2 Å². The Morgan fingerprint density at radius 1 is 1.44 bits per heavy atom. The van der Waals surface area contributed by atoms with E-state index in [2.05, 4.69) is 0 Å². The van der Waals surface area contributed by atoms with Crippen LogP contribution in [-0.2, 0) is 0 Å². The summed E-state index contributed by atoms with van der Waals surface area (Å²) >= 11 is 0. The highest BCUT2D eigenvalue weighted by Gasteiger charge is 2.26. The number of phenolic OH excluding ortho intramolecular Hbond substituents is 1. The lowest BCUT2D eigenvalue weighted by atomic mass is 10.1. The molecule has 98 valence electrons. The number of aromatic hydroxyl groups is 1. The summed E-state index contributed by atoms with van der Waals surface area (Å²) in [5.41, 5.74) is 6.36. The molecule has 4 nitrogen and oxygen atoms in total. The van der Waals surface area contributed by atoms with Crippen LogP contribution in [0.3, 0.4) is 0 Å². The van der Waals surface area contributed by atoms with Gasteiger partial charge in [-0.1, -0.05) is 12.8 Å². The first-order valence-corrected chi connectivity index (χ1v) is 6.53. The van der Waals surface area contributed by atoms with Gasteiger partial charge in [-0.05, 0) is 38.0 Å². The third-order valence-electron chi connectivity index (χ3n) is 3.64. The van der Waals surface area contributed by atoms with Crippen LogP contribution in [0.5, 0.6) is 5.75 Å². The van der Waals surface area contributed by atoms with Gasteiger partial charge in [0.05, 0.1) is 5.69 Å². The van der Waals surface area contributed by atoms with Crippen LogP contribution in [0.2, 0.25) is 0 Å². The van der Waals surface area contributed by atoms with Gasteiger partial charge in [-0.3, -0.25) is 4.79 Å². The Balaban J connectivity index is 2.19. The molecule has 0 radical (unpaired) electrons. The Morgan fingerprint density at radius 3 is 2.67 bits per heavy atom. The van der Waals surface area contributed by atoms with Crippen molar-refractivity contribution in [1.82, 2.24) is 4.90 Å². The SMILES string of the molecule is CCN(C(=O)c1ccc(N)c(O)c1)C1CCCC1. The molecule has 1 saturated carbocycles. The molecule has 1 amide bonds. The number of hydrogen-bond donors (Lipinski definition) is 2. The standard InChI is InChI=1S/C14H20N2O2/c1-2-16(11-5-3-4-6-11)14(18)10-7-8-12(15)13(17)9-10/h7-9,11,17H,2-6,15H2,1H3. The van der Waals surface area contributed by atoms with Crippen LogP contribution >= 0.6 is 0 Å². The Labute approximate surface area is 107 Å². The summed E-state index contributed by atoms with van der Waals surface area (Å²) in [7, 11) is 0. The number of anilines is 1. The molecule has 0 unspecified atom stereocenters. The van der Waals surface area contributed by atoms with Crippen molar-refractivity contribution in [1.29, 1.82) is 0 Å². The summed E-state index contributed by atoms with van der Waals surface area (Å²) in [5, 5.41) is 9.57. The average molecular weight is 248 g/mol. The van der Waals surface area contributed by atoms with E-state index in [9.17, 15) is 9.90 Å². The number of rotatable bonds is 3. The van der Waals surface area contributed by atoms with Crippen molar-refractivity contribution in [3.8, 4) is 5.75 Å². The topological polar surface area (TPSA) is 66.6 Å². The summed E-state index contributed by atoms with van der Waals surface area (Å²) in [6, 6.07) is 5.05. The van der Waals surface area contributed by atoms with E-state index in [1.807, 2.05) is 11.8 Å². The van der Waals surface area contributed by atoms with E-state index < -0.39 is 0 Å². The highest BCUT2D eigenvalue weighted by atomic mass is 16.3. The molecule has 3 N–H and O–H groups in total. The Hall–Kier alpha value is -1.71. The number of amides is 1. The lowest BCUT2D eigenvalue weighted by Gasteiger charge is -2.27. The molecular weight excluding hydrogens is 228 g/mol. The van der Waals surface area contributed by atoms with Crippen LogP contribution < -0.4 is 5.73 Å². The van der Waals surface area contributed by atoms with E-state index in [0.717, 1.165) is 12.8 Å². The molecule has 4 heteroatoms. The van der Waals surface area contributed by atoms with Gasteiger partial charge in [0.1, 0.15) is 5.75 Å². The predicted octanol–water partition coefficient (Wildman–Crippen LogP) is 2.38. The Bertz CT molecular complexity index is 439. The number of phenols is 1. The molecule has 0 spiro atoms. The fourth-order valence-corrected chi connectivity index (χ4v) is 2.63. The zero-order valence-electron chi connectivity index (χ0n) is 10.7. The lowest BCUT2D eigenvalue weighted by Crippen LogP contribution is -2.38. The highest BCUT2D eigenvalue weighted by Crippen LogP contribution is 2.26. The molecule has 1 aromatic carbocycles. The van der Waals surface area contributed by atoms with Crippen molar-refractivity contribution < 1.29 is 9.90 Å². The monoisotopic (exact) mass is 248 g/mol. The fraction of sp³-hybridized carbons (Fsp3) is 0.500. The number of benzene rings is 1. The largest absolute Gasteiger partial charge is 0.506 e. The van der Waals surface area contributed by atoms with Crippen LogP contribution in [0.1, 0.15) is 43.0 Å². The zero-order valence-corrected chi connectivity index (χ0v) is 10.7. The van der Waals surface area contributed by atoms with Crippen LogP contribution in [0.4, 0.5) is 5.69 Å². The minimum atomic E-state index is -0.0247. The molecule has 0 heterocycles. The fourth-order valence-electron chi connectivity index (χ4n) is 2.63. The quantitative estimate of drug-likeness (QED) is 0.637. The normalized spacial score (nSPS) is 15.8. The summed E-state index contributed by atoms with van der Waals surface area (Å²) in [4.78, 5) is 14.3. The van der Waals surface area contributed by atoms with Gasteiger partial charge in [-0.2, -0.15) is 0 Å². The van der Waals surface area contributed by atoms with E-state index in [1.165, 1.54) is 18.9 Å². The minimum absolute atomic E-state index is 0.0142. The molecular formula is C14H20N2O2. The highest BCUT2D eigenvalue weighted by molar-refractivity contribution is 5.95. The van der Waals surface area contributed by atoms with Gasteiger partial charge in [-0.25, -0.2) is 0 Å². The van der Waals surface area contributed by atoms with E-state index in [1.54, 1.807) is 12.1 Å². The molecule has 0 saturated heterocycles. The van der Waals surface area contributed by atoms with Gasteiger partial charge < -0.3 is 15.7 Å². The van der Waals surface area contributed by atoms with Gasteiger partial charge in [-0.15, -0.1) is 0 Å². The van der Waals surface area contributed by atoms with E-state index >= 15 is 0 Å². The smallest absolute Gasteiger partial charge is 0.254 e. The van der Waals surface area contributed by atoms with Crippen molar-refractivity contribution in [2.45, 2.75) is 38.6 Å². The number of hydrogen-bond acceptors (Lipinski definition) is 3. The average Bonchev–Trinajstić information content (AvgIpc) is 2.87. The Kier molecular flexibility index (Phi) is 3.75. The maximum absolute atomic E-state index is 12.4. The van der Waals surface area contributed by atoms with Gasteiger partial charge in [0.25, 0.3) is 5.91 Å². The number of nitrogens with two attached hydrogens (primary N) is 1. The maximum Gasteiger partial charge on any atom is 0.254 e. The van der Waals surface area contributed by atoms with E-state index in [-0.39, 0.29) is 11.7 Å². The molecule has 0 aromatic heterocycles. The van der Waals surface area contributed by atoms with Gasteiger partial charge in [0.15, 0.2) is 0 Å². The molecule has 0 aliphatic heterocycles. The molecule has 0 bridgehead atoms. The van der Waals surface area contributed by atoms with E-state index in [4.69, 9.17) is 5.73 Å². The van der Waals surface area contributed by atoms with Crippen LogP contribution in [0.25, 0.3) is 0 Å². The summed E-state index contributed by atoms with van der Waals surface area (Å²) in [5.74, 6) is -0.0389. The van der Waals surface area contributed by atoms with Gasteiger partial charge in [0, 0.05) is 18.2 Å². The first-order valence-electron chi connectivity index (χ1n) is 6.53. The van der Waals surface area contributed by atoms with Crippen molar-refractivity contribution in [3.63, 3.8) is 0 Å². The van der Waals surface area contributed by atoms with Crippen LogP contribution in [0, 0.1) is 0 Å². The van der Waals surface area contributed by atoms with Gasteiger partial charge in [0.2, 0.25) is 0 Å². The van der Waals surface area contributed by atoms with Crippen LogP contribution in [-0.4, -0.2) is 28.5 Å². The Morgan fingerprint density at radius 2 is 2.11 bits per heavy atom. The molecule has 1 fully saturated rings. The number of nitrogen functional groups attached to an aromatic ring is 1. The lowest BCUT2D eigenvalue weighted by molar-refractivity contribution is 0.0693.